The van der Waals surface area contributed by atoms with Crippen LogP contribution in [0.5, 0.6) is 5.75 Å². The lowest BCUT2D eigenvalue weighted by atomic mass is 9.86. The van der Waals surface area contributed by atoms with E-state index in [0.29, 0.717) is 25.8 Å². The van der Waals surface area contributed by atoms with Gasteiger partial charge in [-0.2, -0.15) is 0 Å². The van der Waals surface area contributed by atoms with Crippen molar-refractivity contribution in [2.45, 2.75) is 77.1 Å². The van der Waals surface area contributed by atoms with Gasteiger partial charge in [0.2, 0.25) is 5.91 Å². The van der Waals surface area contributed by atoms with Gasteiger partial charge in [0.15, 0.2) is 0 Å². The lowest BCUT2D eigenvalue weighted by molar-refractivity contribution is -0.121. The van der Waals surface area contributed by atoms with Crippen molar-refractivity contribution >= 4 is 5.91 Å². The summed E-state index contributed by atoms with van der Waals surface area (Å²) in [5.74, 6) is 6.93. The molecule has 6 atom stereocenters. The van der Waals surface area contributed by atoms with Gasteiger partial charge in [-0.1, -0.05) is 37.3 Å². The van der Waals surface area contributed by atoms with Crippen LogP contribution in [0.4, 0.5) is 0 Å². The minimum atomic E-state index is -0.588. The molecule has 1 saturated carbocycles. The number of rotatable bonds is 9. The van der Waals surface area contributed by atoms with Crippen molar-refractivity contribution in [2.75, 3.05) is 6.54 Å². The summed E-state index contributed by atoms with van der Waals surface area (Å²) in [4.78, 5) is 11.7. The van der Waals surface area contributed by atoms with E-state index in [1.807, 2.05) is 32.1 Å². The van der Waals surface area contributed by atoms with Crippen LogP contribution in [-0.2, 0) is 11.2 Å². The van der Waals surface area contributed by atoms with Crippen molar-refractivity contribution in [3.8, 4) is 17.6 Å². The Morgan fingerprint density at radius 2 is 2.23 bits per heavy atom. The van der Waals surface area contributed by atoms with Gasteiger partial charge in [-0.15, -0.1) is 11.8 Å². The molecule has 1 amide bonds. The second kappa shape index (κ2) is 10.8. The first-order chi connectivity index (χ1) is 15.0. The third kappa shape index (κ3) is 5.50. The average molecular weight is 426 g/mol. The second-order valence-electron chi connectivity index (χ2n) is 8.69. The quantitative estimate of drug-likeness (QED) is 0.419. The molecule has 0 saturated heterocycles. The number of carbonyl (C=O) groups is 1. The van der Waals surface area contributed by atoms with Crippen LogP contribution in [-0.4, -0.2) is 41.0 Å². The molecule has 1 aromatic rings. The number of para-hydroxylation sites is 1. The monoisotopic (exact) mass is 425 g/mol. The Kier molecular flexibility index (Phi) is 8.17. The van der Waals surface area contributed by atoms with E-state index in [0.717, 1.165) is 29.7 Å². The van der Waals surface area contributed by atoms with Crippen LogP contribution in [0, 0.1) is 23.7 Å². The summed E-state index contributed by atoms with van der Waals surface area (Å²) in [6.07, 6.45) is 5.95. The third-order valence-electron chi connectivity index (χ3n) is 6.43. The predicted octanol–water partition coefficient (Wildman–Crippen LogP) is 3.34. The molecule has 1 aromatic carbocycles. The zero-order valence-corrected chi connectivity index (χ0v) is 18.8. The average Bonchev–Trinajstić information content (AvgIpc) is 3.25. The van der Waals surface area contributed by atoms with Crippen LogP contribution >= 0.6 is 0 Å². The molecule has 1 aliphatic carbocycles. The maximum Gasteiger partial charge on any atom is 0.219 e. The highest BCUT2D eigenvalue weighted by atomic mass is 16.5. The molecular formula is C26H35NO4. The van der Waals surface area contributed by atoms with Crippen molar-refractivity contribution in [3.05, 3.63) is 41.5 Å². The van der Waals surface area contributed by atoms with E-state index in [1.165, 1.54) is 0 Å². The summed E-state index contributed by atoms with van der Waals surface area (Å²) in [6.45, 7) is 6.36. The zero-order valence-electron chi connectivity index (χ0n) is 18.8. The first-order valence-electron chi connectivity index (χ1n) is 11.4. The van der Waals surface area contributed by atoms with Crippen molar-refractivity contribution in [2.24, 2.45) is 11.8 Å². The van der Waals surface area contributed by atoms with E-state index in [1.54, 1.807) is 6.92 Å². The summed E-state index contributed by atoms with van der Waals surface area (Å²) in [5.41, 5.74) is 2.26. The topological polar surface area (TPSA) is 78.8 Å². The molecule has 2 aliphatic rings. The van der Waals surface area contributed by atoms with Gasteiger partial charge in [-0.25, -0.2) is 0 Å². The van der Waals surface area contributed by atoms with Crippen molar-refractivity contribution in [1.29, 1.82) is 0 Å². The van der Waals surface area contributed by atoms with Gasteiger partial charge in [0.1, 0.15) is 11.9 Å². The van der Waals surface area contributed by atoms with Gasteiger partial charge in [0.25, 0.3) is 0 Å². The lowest BCUT2D eigenvalue weighted by Crippen LogP contribution is -2.22. The highest BCUT2D eigenvalue weighted by Crippen LogP contribution is 2.52. The number of hydrogen-bond donors (Lipinski definition) is 3. The van der Waals surface area contributed by atoms with E-state index in [9.17, 15) is 15.0 Å². The van der Waals surface area contributed by atoms with Crippen LogP contribution in [0.1, 0.15) is 63.5 Å². The maximum absolute atomic E-state index is 11.7. The summed E-state index contributed by atoms with van der Waals surface area (Å²) >= 11 is 0. The molecule has 1 heterocycles. The molecule has 1 fully saturated rings. The van der Waals surface area contributed by atoms with Gasteiger partial charge >= 0.3 is 0 Å². The predicted molar refractivity (Wildman–Crippen MR) is 122 cm³/mol. The molecule has 0 aromatic heterocycles. The normalized spacial score (nSPS) is 25.8. The highest BCUT2D eigenvalue weighted by molar-refractivity contribution is 5.75. The third-order valence-corrected chi connectivity index (χ3v) is 6.43. The summed E-state index contributed by atoms with van der Waals surface area (Å²) in [6, 6.07) is 6.19. The van der Waals surface area contributed by atoms with Crippen molar-refractivity contribution < 1.29 is 19.7 Å². The standard InChI is InChI=1S/C26H35NO4/c1-4-6-9-17(3)21(28)15-14-19-22(29)16-23-25(19)20-12-7-10-18(26(20)31-23)11-8-13-24(30)27-5-2/h7,10,12,14-15,17,19,21-23,25,28-29H,5,8-9,11,13,16H2,1-3H3,(H,27,30)/b15-14+/t17-,19+,21-,22-,23+,25+/m1/s1. The minimum Gasteiger partial charge on any atom is -0.489 e. The van der Waals surface area contributed by atoms with Crippen molar-refractivity contribution in [1.82, 2.24) is 5.32 Å². The number of hydrogen-bond acceptors (Lipinski definition) is 4. The molecule has 3 N–H and O–H groups in total. The number of aryl methyl sites for hydroxylation is 1. The van der Waals surface area contributed by atoms with E-state index in [-0.39, 0.29) is 29.8 Å². The number of amides is 1. The number of aliphatic hydroxyl groups is 2. The molecule has 168 valence electrons. The molecule has 5 nitrogen and oxygen atoms in total. The van der Waals surface area contributed by atoms with E-state index in [2.05, 4.69) is 29.3 Å². The fourth-order valence-electron chi connectivity index (χ4n) is 4.71. The highest BCUT2D eigenvalue weighted by Gasteiger charge is 2.48. The minimum absolute atomic E-state index is 0.0432. The Labute approximate surface area is 185 Å². The van der Waals surface area contributed by atoms with Crippen LogP contribution in [0.2, 0.25) is 0 Å². The summed E-state index contributed by atoms with van der Waals surface area (Å²) in [5, 5.41) is 23.9. The van der Waals surface area contributed by atoms with Gasteiger partial charge in [0, 0.05) is 43.2 Å². The smallest absolute Gasteiger partial charge is 0.219 e. The molecule has 5 heteroatoms. The second-order valence-corrected chi connectivity index (χ2v) is 8.69. The molecule has 0 radical (unpaired) electrons. The number of aliphatic hydroxyl groups excluding tert-OH is 2. The fourth-order valence-corrected chi connectivity index (χ4v) is 4.71. The SMILES string of the molecule is CC#CC[C@@H](C)[C@H](O)/C=C/[C@@H]1[C@H]2c3cccc(CCCC(=O)NCC)c3O[C@H]2C[C@H]1O. The zero-order chi connectivity index (χ0) is 22.4. The summed E-state index contributed by atoms with van der Waals surface area (Å²) < 4.78 is 6.30. The van der Waals surface area contributed by atoms with Crippen LogP contribution in [0.15, 0.2) is 30.4 Å². The van der Waals surface area contributed by atoms with Crippen molar-refractivity contribution in [3.63, 3.8) is 0 Å². The fraction of sp³-hybridized carbons (Fsp3) is 0.577. The molecule has 3 rings (SSSR count). The van der Waals surface area contributed by atoms with E-state index in [4.69, 9.17) is 4.74 Å². The van der Waals surface area contributed by atoms with Crippen LogP contribution < -0.4 is 10.1 Å². The molecule has 1 aliphatic heterocycles. The number of fused-ring (bicyclic) bond motifs is 3. The first kappa shape index (κ1) is 23.4. The molecule has 31 heavy (non-hydrogen) atoms. The Balaban J connectivity index is 1.70. The van der Waals surface area contributed by atoms with Gasteiger partial charge in [-0.3, -0.25) is 4.79 Å². The van der Waals surface area contributed by atoms with E-state index < -0.39 is 12.2 Å². The van der Waals surface area contributed by atoms with Crippen LogP contribution in [0.25, 0.3) is 0 Å². The Morgan fingerprint density at radius 3 is 2.97 bits per heavy atom. The molecule has 0 unspecified atom stereocenters. The largest absolute Gasteiger partial charge is 0.489 e. The number of nitrogens with one attached hydrogen (secondary N) is 1. The van der Waals surface area contributed by atoms with Gasteiger partial charge in [-0.05, 0) is 38.2 Å². The van der Waals surface area contributed by atoms with E-state index >= 15 is 0 Å². The number of benzene rings is 1. The van der Waals surface area contributed by atoms with Gasteiger partial charge < -0.3 is 20.3 Å². The number of carbonyl (C=O) groups excluding carboxylic acids is 1. The Morgan fingerprint density at radius 1 is 1.42 bits per heavy atom. The Bertz CT molecular complexity index is 853. The Hall–Kier alpha value is -2.29. The molecular weight excluding hydrogens is 390 g/mol. The van der Waals surface area contributed by atoms with Gasteiger partial charge in [0.05, 0.1) is 12.2 Å². The summed E-state index contributed by atoms with van der Waals surface area (Å²) in [7, 11) is 0. The lowest BCUT2D eigenvalue weighted by Gasteiger charge is -2.19. The molecule has 0 bridgehead atoms. The molecule has 0 spiro atoms. The van der Waals surface area contributed by atoms with Crippen LogP contribution in [0.3, 0.4) is 0 Å². The maximum atomic E-state index is 11.7. The first-order valence-corrected chi connectivity index (χ1v) is 11.4. The number of ether oxygens (including phenoxy) is 1.